The molecule has 0 N–H and O–H groups in total. The zero-order valence-corrected chi connectivity index (χ0v) is 29.9. The van der Waals surface area contributed by atoms with Crippen molar-refractivity contribution in [1.29, 1.82) is 0 Å². The molecule has 0 bridgehead atoms. The number of hydrogen-bond acceptors (Lipinski definition) is 4. The van der Waals surface area contributed by atoms with Gasteiger partial charge in [-0.05, 0) is 64.2 Å². The number of hydrogen-bond donors (Lipinski definition) is 0. The maximum Gasteiger partial charge on any atom is 0.307 e. The van der Waals surface area contributed by atoms with E-state index in [2.05, 4.69) is 38.2 Å². The van der Waals surface area contributed by atoms with Crippen LogP contribution in [0, 0.1) is 0 Å². The molecule has 0 aliphatic rings. The van der Waals surface area contributed by atoms with Crippen LogP contribution in [0.1, 0.15) is 200 Å². The van der Waals surface area contributed by atoms with Crippen molar-refractivity contribution in [2.45, 2.75) is 206 Å². The number of esters is 2. The van der Waals surface area contributed by atoms with Gasteiger partial charge >= 0.3 is 11.9 Å². The molecule has 0 saturated carbocycles. The highest BCUT2D eigenvalue weighted by molar-refractivity contribution is 6.20. The summed E-state index contributed by atoms with van der Waals surface area (Å²) >= 11 is 6.13. The first-order valence-electron chi connectivity index (χ1n) is 18.9. The van der Waals surface area contributed by atoms with Crippen molar-refractivity contribution in [2.24, 2.45) is 0 Å². The van der Waals surface area contributed by atoms with Crippen molar-refractivity contribution in [3.8, 4) is 0 Å². The largest absolute Gasteiger partial charge is 0.465 e. The van der Waals surface area contributed by atoms with Gasteiger partial charge in [0, 0.05) is 19.3 Å². The van der Waals surface area contributed by atoms with Crippen molar-refractivity contribution in [3.05, 3.63) is 24.3 Å². The average molecular weight is 639 g/mol. The van der Waals surface area contributed by atoms with Gasteiger partial charge in [-0.1, -0.05) is 152 Å². The molecular formula is C39H71ClO4. The summed E-state index contributed by atoms with van der Waals surface area (Å²) in [5, 5.41) is 0. The van der Waals surface area contributed by atoms with E-state index in [-0.39, 0.29) is 18.5 Å². The molecular weight excluding hydrogens is 568 g/mol. The molecule has 0 radical (unpaired) electrons. The molecule has 44 heavy (non-hydrogen) atoms. The zero-order chi connectivity index (χ0) is 32.2. The van der Waals surface area contributed by atoms with E-state index in [1.807, 2.05) is 0 Å². The van der Waals surface area contributed by atoms with E-state index >= 15 is 0 Å². The Labute approximate surface area is 278 Å². The Morgan fingerprint density at radius 3 is 1.25 bits per heavy atom. The van der Waals surface area contributed by atoms with E-state index in [1.165, 1.54) is 122 Å². The number of carbonyl (C=O) groups excluding carboxylic acids is 2. The van der Waals surface area contributed by atoms with E-state index in [4.69, 9.17) is 21.1 Å². The number of rotatable bonds is 34. The molecule has 0 aromatic rings. The highest BCUT2D eigenvalue weighted by Gasteiger charge is 2.12. The van der Waals surface area contributed by atoms with Crippen LogP contribution in [0.5, 0.6) is 0 Å². The summed E-state index contributed by atoms with van der Waals surface area (Å²) in [5.74, 6) is -0.451. The van der Waals surface area contributed by atoms with Gasteiger partial charge < -0.3 is 9.47 Å². The van der Waals surface area contributed by atoms with Crippen LogP contribution in [0.4, 0.5) is 0 Å². The molecule has 5 heteroatoms. The predicted molar refractivity (Wildman–Crippen MR) is 190 cm³/mol. The minimum Gasteiger partial charge on any atom is -0.465 e. The Bertz CT molecular complexity index is 675. The molecule has 0 aliphatic carbocycles. The third-order valence-corrected chi connectivity index (χ3v) is 8.46. The molecule has 1 unspecified atom stereocenters. The van der Waals surface area contributed by atoms with Crippen molar-refractivity contribution in [3.63, 3.8) is 0 Å². The summed E-state index contributed by atoms with van der Waals surface area (Å²) in [4.78, 5) is 24.0. The van der Waals surface area contributed by atoms with E-state index in [0.29, 0.717) is 19.3 Å². The fraction of sp³-hybridized carbons (Fsp3) is 0.846. The van der Waals surface area contributed by atoms with Gasteiger partial charge in [0.05, 0.1) is 6.61 Å². The van der Waals surface area contributed by atoms with Crippen molar-refractivity contribution in [1.82, 2.24) is 0 Å². The van der Waals surface area contributed by atoms with Crippen LogP contribution in [0.2, 0.25) is 0 Å². The maximum absolute atomic E-state index is 12.0. The predicted octanol–water partition coefficient (Wildman–Crippen LogP) is 13.1. The number of unbranched alkanes of at least 4 members (excludes halogenated alkanes) is 22. The normalized spacial score (nSPS) is 12.3. The minimum absolute atomic E-state index is 0.189. The van der Waals surface area contributed by atoms with Gasteiger partial charge in [0.25, 0.3) is 0 Å². The van der Waals surface area contributed by atoms with Gasteiger partial charge in [0.2, 0.25) is 0 Å². The third kappa shape index (κ3) is 35.2. The molecule has 0 rings (SSSR count). The average Bonchev–Trinajstić information content (AvgIpc) is 3.01. The number of ether oxygens (including phenoxy) is 2. The number of allylic oxidation sites excluding steroid dienone is 4. The van der Waals surface area contributed by atoms with Crippen LogP contribution in [0.3, 0.4) is 0 Å². The van der Waals surface area contributed by atoms with E-state index in [9.17, 15) is 9.59 Å². The highest BCUT2D eigenvalue weighted by Crippen LogP contribution is 2.13. The Morgan fingerprint density at radius 1 is 0.500 bits per heavy atom. The van der Waals surface area contributed by atoms with Gasteiger partial charge in [0.15, 0.2) is 5.56 Å². The summed E-state index contributed by atoms with van der Waals surface area (Å²) in [6, 6.07) is 0. The van der Waals surface area contributed by atoms with Gasteiger partial charge in [-0.2, -0.15) is 0 Å². The molecule has 1 atom stereocenters. The van der Waals surface area contributed by atoms with Crippen molar-refractivity contribution < 1.29 is 19.1 Å². The smallest absolute Gasteiger partial charge is 0.307 e. The topological polar surface area (TPSA) is 52.6 Å². The Hall–Kier alpha value is -1.29. The Morgan fingerprint density at radius 2 is 0.841 bits per heavy atom. The van der Waals surface area contributed by atoms with Crippen LogP contribution in [0.25, 0.3) is 0 Å². The highest BCUT2D eigenvalue weighted by atomic mass is 35.5. The second-order valence-electron chi connectivity index (χ2n) is 12.6. The summed E-state index contributed by atoms with van der Waals surface area (Å²) in [7, 11) is 0. The number of halogens is 1. The Balaban J connectivity index is 3.45. The van der Waals surface area contributed by atoms with E-state index in [1.54, 1.807) is 0 Å². The number of alkyl halides is 1. The lowest BCUT2D eigenvalue weighted by atomic mass is 10.1. The molecule has 0 amide bonds. The van der Waals surface area contributed by atoms with Crippen molar-refractivity contribution >= 4 is 23.5 Å². The second kappa shape index (κ2) is 36.2. The van der Waals surface area contributed by atoms with Gasteiger partial charge in [-0.3, -0.25) is 9.59 Å². The van der Waals surface area contributed by atoms with Gasteiger partial charge in [-0.15, -0.1) is 0 Å². The summed E-state index contributed by atoms with van der Waals surface area (Å²) in [5.41, 5.74) is -0.738. The first-order chi connectivity index (χ1) is 21.6. The fourth-order valence-electron chi connectivity index (χ4n) is 5.28. The quantitative estimate of drug-likeness (QED) is 0.0304. The fourth-order valence-corrected chi connectivity index (χ4v) is 5.47. The second-order valence-corrected chi connectivity index (χ2v) is 13.1. The molecule has 0 fully saturated rings. The zero-order valence-electron chi connectivity index (χ0n) is 29.1. The van der Waals surface area contributed by atoms with Crippen LogP contribution >= 0.6 is 11.6 Å². The molecule has 0 aromatic carbocycles. The lowest BCUT2D eigenvalue weighted by Crippen LogP contribution is -2.16. The van der Waals surface area contributed by atoms with Crippen LogP contribution in [0.15, 0.2) is 24.3 Å². The molecule has 0 spiro atoms. The molecule has 0 heterocycles. The van der Waals surface area contributed by atoms with Gasteiger partial charge in [0.1, 0.15) is 0 Å². The van der Waals surface area contributed by atoms with E-state index in [0.717, 1.165) is 44.9 Å². The van der Waals surface area contributed by atoms with Crippen molar-refractivity contribution in [2.75, 3.05) is 6.61 Å². The van der Waals surface area contributed by atoms with Crippen LogP contribution < -0.4 is 0 Å². The first kappa shape index (κ1) is 42.7. The lowest BCUT2D eigenvalue weighted by Gasteiger charge is -2.11. The third-order valence-electron chi connectivity index (χ3n) is 8.15. The molecule has 0 saturated heterocycles. The van der Waals surface area contributed by atoms with E-state index < -0.39 is 5.56 Å². The molecule has 4 nitrogen and oxygen atoms in total. The monoisotopic (exact) mass is 639 g/mol. The van der Waals surface area contributed by atoms with Crippen LogP contribution in [-0.2, 0) is 19.1 Å². The summed E-state index contributed by atoms with van der Waals surface area (Å²) in [6.07, 6.45) is 42.6. The molecule has 0 aliphatic heterocycles. The molecule has 258 valence electrons. The lowest BCUT2D eigenvalue weighted by molar-refractivity contribution is -0.147. The Kier molecular flexibility index (Phi) is 35.1. The number of carbonyl (C=O) groups is 2. The SMILES string of the molecule is CCCCCCCC/C=C\CCCCCCCC(=O)OCCC(Cl)OC(=O)CCCCCCC/C=C\CCCCCCCC. The maximum atomic E-state index is 12.0. The first-order valence-corrected chi connectivity index (χ1v) is 19.3. The standard InChI is InChI=1S/C39H71ClO4/c1-3-5-7-9-11-13-15-17-19-21-23-25-27-29-31-33-38(41)43-36-35-37(40)44-39(42)34-32-30-28-26-24-22-20-18-16-14-12-10-8-6-4-2/h17-20,37H,3-16,21-36H2,1-2H3/b19-17-,20-18-. The molecule has 0 aromatic heterocycles. The minimum atomic E-state index is -0.738. The van der Waals surface area contributed by atoms with Gasteiger partial charge in [-0.25, -0.2) is 0 Å². The van der Waals surface area contributed by atoms with Crippen LogP contribution in [-0.4, -0.2) is 24.1 Å². The summed E-state index contributed by atoms with van der Waals surface area (Å²) < 4.78 is 10.5. The summed E-state index contributed by atoms with van der Waals surface area (Å²) in [6.45, 7) is 4.72.